The van der Waals surface area contributed by atoms with E-state index in [9.17, 15) is 4.39 Å². The van der Waals surface area contributed by atoms with E-state index < -0.39 is 0 Å². The normalized spacial score (nSPS) is 10.9. The number of imidazole rings is 1. The number of halogens is 1. The van der Waals surface area contributed by atoms with Gasteiger partial charge in [-0.05, 0) is 29.8 Å². The number of benzene rings is 2. The molecule has 0 saturated heterocycles. The van der Waals surface area contributed by atoms with Gasteiger partial charge >= 0.3 is 0 Å². The van der Waals surface area contributed by atoms with E-state index in [1.165, 1.54) is 12.1 Å². The summed E-state index contributed by atoms with van der Waals surface area (Å²) in [7, 11) is 0. The summed E-state index contributed by atoms with van der Waals surface area (Å²) >= 11 is 0. The van der Waals surface area contributed by atoms with Crippen LogP contribution in [0.3, 0.4) is 0 Å². The minimum Gasteiger partial charge on any atom is -0.397 e. The fourth-order valence-electron chi connectivity index (χ4n) is 2.03. The van der Waals surface area contributed by atoms with Crippen molar-refractivity contribution in [2.24, 2.45) is 0 Å². The number of aromatic nitrogens is 2. The molecule has 0 spiro atoms. The van der Waals surface area contributed by atoms with Crippen molar-refractivity contribution in [2.45, 2.75) is 6.42 Å². The van der Waals surface area contributed by atoms with Crippen molar-refractivity contribution in [3.05, 3.63) is 59.7 Å². The molecule has 0 saturated carbocycles. The first-order chi connectivity index (χ1) is 8.72. The lowest BCUT2D eigenvalue weighted by molar-refractivity contribution is 0.626. The van der Waals surface area contributed by atoms with Crippen LogP contribution in [0.1, 0.15) is 11.4 Å². The molecule has 0 aliphatic carbocycles. The van der Waals surface area contributed by atoms with Crippen LogP contribution in [0.25, 0.3) is 11.0 Å². The summed E-state index contributed by atoms with van der Waals surface area (Å²) in [5.74, 6) is 0.552. The first-order valence-electron chi connectivity index (χ1n) is 5.70. The van der Waals surface area contributed by atoms with Crippen LogP contribution in [0.15, 0.2) is 42.5 Å². The highest BCUT2D eigenvalue weighted by Crippen LogP contribution is 2.19. The molecule has 2 aromatic carbocycles. The van der Waals surface area contributed by atoms with Crippen molar-refractivity contribution in [2.75, 3.05) is 5.73 Å². The summed E-state index contributed by atoms with van der Waals surface area (Å²) in [5.41, 5.74) is 9.05. The van der Waals surface area contributed by atoms with Crippen LogP contribution in [0.2, 0.25) is 0 Å². The number of fused-ring (bicyclic) bond motifs is 1. The molecular weight excluding hydrogens is 229 g/mol. The smallest absolute Gasteiger partial charge is 0.123 e. The Morgan fingerprint density at radius 3 is 2.78 bits per heavy atom. The monoisotopic (exact) mass is 241 g/mol. The summed E-state index contributed by atoms with van der Waals surface area (Å²) in [6.45, 7) is 0. The van der Waals surface area contributed by atoms with E-state index >= 15 is 0 Å². The molecule has 4 heteroatoms. The second-order valence-electron chi connectivity index (χ2n) is 4.23. The Hall–Kier alpha value is -2.36. The molecule has 0 fully saturated rings. The predicted molar refractivity (Wildman–Crippen MR) is 69.7 cm³/mol. The van der Waals surface area contributed by atoms with Crippen LogP contribution in [-0.4, -0.2) is 9.97 Å². The topological polar surface area (TPSA) is 54.7 Å². The SMILES string of the molecule is Nc1cccc2[nH]c(Cc3cccc(F)c3)nc12. The van der Waals surface area contributed by atoms with Gasteiger partial charge in [-0.25, -0.2) is 9.37 Å². The van der Waals surface area contributed by atoms with Gasteiger partial charge in [-0.3, -0.25) is 0 Å². The quantitative estimate of drug-likeness (QED) is 0.678. The number of nitrogens with two attached hydrogens (primary N) is 1. The standard InChI is InChI=1S/C14H12FN3/c15-10-4-1-3-9(7-10)8-13-17-12-6-2-5-11(16)14(12)18-13/h1-7H,8,16H2,(H,17,18). The zero-order chi connectivity index (χ0) is 12.5. The average molecular weight is 241 g/mol. The van der Waals surface area contributed by atoms with Crippen molar-refractivity contribution in [1.29, 1.82) is 0 Å². The maximum absolute atomic E-state index is 13.1. The molecular formula is C14H12FN3. The Balaban J connectivity index is 1.98. The fourth-order valence-corrected chi connectivity index (χ4v) is 2.03. The number of hydrogen-bond acceptors (Lipinski definition) is 2. The van der Waals surface area contributed by atoms with Gasteiger partial charge in [-0.1, -0.05) is 18.2 Å². The maximum atomic E-state index is 13.1. The van der Waals surface area contributed by atoms with Crippen LogP contribution in [0, 0.1) is 5.82 Å². The largest absolute Gasteiger partial charge is 0.397 e. The fraction of sp³-hybridized carbons (Fsp3) is 0.0714. The Bertz CT molecular complexity index is 703. The van der Waals surface area contributed by atoms with E-state index in [0.717, 1.165) is 22.4 Å². The molecule has 3 rings (SSSR count). The van der Waals surface area contributed by atoms with Crippen molar-refractivity contribution >= 4 is 16.7 Å². The molecule has 0 radical (unpaired) electrons. The highest BCUT2D eigenvalue weighted by Gasteiger charge is 2.06. The lowest BCUT2D eigenvalue weighted by atomic mass is 10.1. The molecule has 1 aromatic heterocycles. The third-order valence-corrected chi connectivity index (χ3v) is 2.85. The first-order valence-corrected chi connectivity index (χ1v) is 5.70. The van der Waals surface area contributed by atoms with E-state index in [4.69, 9.17) is 5.73 Å². The number of hydrogen-bond donors (Lipinski definition) is 2. The second-order valence-corrected chi connectivity index (χ2v) is 4.23. The summed E-state index contributed by atoms with van der Waals surface area (Å²) < 4.78 is 13.1. The molecule has 3 nitrogen and oxygen atoms in total. The average Bonchev–Trinajstić information content (AvgIpc) is 2.73. The zero-order valence-corrected chi connectivity index (χ0v) is 9.65. The van der Waals surface area contributed by atoms with Crippen molar-refractivity contribution in [3.8, 4) is 0 Å². The molecule has 1 heterocycles. The number of nitrogen functional groups attached to an aromatic ring is 1. The number of nitrogens with one attached hydrogen (secondary N) is 1. The highest BCUT2D eigenvalue weighted by atomic mass is 19.1. The van der Waals surface area contributed by atoms with Crippen molar-refractivity contribution in [3.63, 3.8) is 0 Å². The number of H-pyrrole nitrogens is 1. The predicted octanol–water partition coefficient (Wildman–Crippen LogP) is 2.88. The molecule has 0 atom stereocenters. The van der Waals surface area contributed by atoms with E-state index in [1.807, 2.05) is 24.3 Å². The van der Waals surface area contributed by atoms with E-state index in [0.29, 0.717) is 12.1 Å². The van der Waals surface area contributed by atoms with E-state index in [-0.39, 0.29) is 5.82 Å². The molecule has 90 valence electrons. The van der Waals surface area contributed by atoms with Crippen LogP contribution < -0.4 is 5.73 Å². The van der Waals surface area contributed by atoms with Gasteiger partial charge < -0.3 is 10.7 Å². The molecule has 0 aliphatic heterocycles. The molecule has 0 unspecified atom stereocenters. The van der Waals surface area contributed by atoms with E-state index in [1.54, 1.807) is 6.07 Å². The summed E-state index contributed by atoms with van der Waals surface area (Å²) in [6.07, 6.45) is 0.561. The molecule has 0 aliphatic rings. The summed E-state index contributed by atoms with van der Waals surface area (Å²) in [5, 5.41) is 0. The van der Waals surface area contributed by atoms with Gasteiger partial charge in [0.25, 0.3) is 0 Å². The van der Waals surface area contributed by atoms with Gasteiger partial charge in [0, 0.05) is 6.42 Å². The molecule has 3 N–H and O–H groups in total. The molecule has 3 aromatic rings. The van der Waals surface area contributed by atoms with Crippen LogP contribution in [0.5, 0.6) is 0 Å². The third-order valence-electron chi connectivity index (χ3n) is 2.85. The number of aromatic amines is 1. The zero-order valence-electron chi connectivity index (χ0n) is 9.65. The second kappa shape index (κ2) is 4.14. The minimum atomic E-state index is -0.233. The number of rotatable bonds is 2. The van der Waals surface area contributed by atoms with Crippen LogP contribution in [-0.2, 0) is 6.42 Å². The summed E-state index contributed by atoms with van der Waals surface area (Å²) in [6, 6.07) is 12.1. The Labute approximate surface area is 103 Å². The van der Waals surface area contributed by atoms with E-state index in [2.05, 4.69) is 9.97 Å². The van der Waals surface area contributed by atoms with Crippen LogP contribution in [0.4, 0.5) is 10.1 Å². The van der Waals surface area contributed by atoms with Gasteiger partial charge in [0.1, 0.15) is 17.2 Å². The number of para-hydroxylation sites is 1. The molecule has 0 amide bonds. The maximum Gasteiger partial charge on any atom is 0.123 e. The minimum absolute atomic E-state index is 0.233. The van der Waals surface area contributed by atoms with Gasteiger partial charge in [-0.2, -0.15) is 0 Å². The third kappa shape index (κ3) is 1.93. The van der Waals surface area contributed by atoms with Gasteiger partial charge in [0.2, 0.25) is 0 Å². The van der Waals surface area contributed by atoms with Crippen LogP contribution >= 0.6 is 0 Å². The Morgan fingerprint density at radius 1 is 1.17 bits per heavy atom. The summed E-state index contributed by atoms with van der Waals surface area (Å²) in [4.78, 5) is 7.62. The number of nitrogens with zero attached hydrogens (tertiary/aromatic N) is 1. The lowest BCUT2D eigenvalue weighted by Crippen LogP contribution is -1.91. The molecule has 0 bridgehead atoms. The Kier molecular flexibility index (Phi) is 2.48. The highest BCUT2D eigenvalue weighted by molar-refractivity contribution is 5.86. The van der Waals surface area contributed by atoms with Crippen molar-refractivity contribution < 1.29 is 4.39 Å². The number of anilines is 1. The molecule has 18 heavy (non-hydrogen) atoms. The van der Waals surface area contributed by atoms with Gasteiger partial charge in [0.05, 0.1) is 11.2 Å². The van der Waals surface area contributed by atoms with Gasteiger partial charge in [-0.15, -0.1) is 0 Å². The lowest BCUT2D eigenvalue weighted by Gasteiger charge is -1.97. The first kappa shape index (κ1) is 10.8. The van der Waals surface area contributed by atoms with Gasteiger partial charge in [0.15, 0.2) is 0 Å². The van der Waals surface area contributed by atoms with Crippen molar-refractivity contribution in [1.82, 2.24) is 9.97 Å². The Morgan fingerprint density at radius 2 is 2.00 bits per heavy atom.